The zero-order valence-corrected chi connectivity index (χ0v) is 67.1. The second kappa shape index (κ2) is 32.8. The first kappa shape index (κ1) is 72.8. The Balaban J connectivity index is 0.880. The fourth-order valence-electron chi connectivity index (χ4n) is 16.6. The molecule has 0 saturated heterocycles. The molecular weight excluding hydrogens is 1410 g/mol. The molecule has 0 atom stereocenters. The van der Waals surface area contributed by atoms with E-state index in [9.17, 15) is 0 Å². The van der Waals surface area contributed by atoms with Gasteiger partial charge in [-0.3, -0.25) is 0 Å². The van der Waals surface area contributed by atoms with Crippen LogP contribution in [0.4, 0.5) is 0 Å². The van der Waals surface area contributed by atoms with Gasteiger partial charge in [-0.25, -0.2) is 0 Å². The Labute approximate surface area is 658 Å². The van der Waals surface area contributed by atoms with Crippen LogP contribution in [0.25, 0.3) is 0 Å². The van der Waals surface area contributed by atoms with E-state index in [0.29, 0.717) is 6.42 Å². The molecule has 0 aromatic heterocycles. The van der Waals surface area contributed by atoms with Crippen LogP contribution in [0.15, 0.2) is 437 Å². The van der Waals surface area contributed by atoms with Gasteiger partial charge in [0, 0.05) is 11.8 Å². The first-order valence-corrected chi connectivity index (χ1v) is 46.1. The second-order valence-corrected chi connectivity index (χ2v) is 42.2. The summed E-state index contributed by atoms with van der Waals surface area (Å²) in [5.74, 6) is 3.04. The van der Waals surface area contributed by atoms with Gasteiger partial charge in [0.2, 0.25) is 0 Å². The van der Waals surface area contributed by atoms with Crippen LogP contribution in [-0.2, 0) is 0 Å². The average Bonchev–Trinajstić information content (AvgIpc) is 0.764. The number of hydrogen-bond acceptors (Lipinski definition) is 4. The van der Waals surface area contributed by atoms with E-state index in [1.54, 1.807) is 0 Å². The predicted molar refractivity (Wildman–Crippen MR) is 471 cm³/mol. The lowest BCUT2D eigenvalue weighted by atomic mass is 9.77. The van der Waals surface area contributed by atoms with Crippen LogP contribution in [0, 0.1) is 27.7 Å². The minimum Gasteiger partial charge on any atom is -0.530 e. The normalized spacial score (nSPS) is 11.8. The molecule has 8 heteroatoms. The van der Waals surface area contributed by atoms with Gasteiger partial charge in [0.15, 0.2) is 0 Å². The molecule has 0 fully saturated rings. The molecule has 0 unspecified atom stereocenters. The Morgan fingerprint density at radius 3 is 0.414 bits per heavy atom. The quantitative estimate of drug-likeness (QED) is 0.0400. The van der Waals surface area contributed by atoms with Gasteiger partial charge in [0.05, 0.1) is 0 Å². The van der Waals surface area contributed by atoms with Crippen LogP contribution in [-0.4, -0.2) is 33.3 Å². The maximum atomic E-state index is 7.94. The van der Waals surface area contributed by atoms with Crippen molar-refractivity contribution >= 4 is 95.5 Å². The van der Waals surface area contributed by atoms with Gasteiger partial charge in [-0.05, 0) is 165 Å². The van der Waals surface area contributed by atoms with Gasteiger partial charge in [0.1, 0.15) is 23.0 Å². The Kier molecular flexibility index (Phi) is 21.5. The third kappa shape index (κ3) is 14.5. The van der Waals surface area contributed by atoms with Gasteiger partial charge in [-0.15, -0.1) is 0 Å². The SMILES string of the molecule is Cc1cc(C(CC(c2ccc(O[Si](c3ccccc3)(c3ccccc3)c3ccccc3)c(C)c2)c2ccc(O[Si](c3ccccc3)(c3ccccc3)c3ccccc3)c(C)c2)c2ccc(O[Si](c3ccccc3)(c3ccccc3)c3ccccc3)c(C)c2)ccc1O[Si](c1ccccc1)(c1ccccc1)c1ccccc1. The molecule has 0 amide bonds. The van der Waals surface area contributed by atoms with Gasteiger partial charge >= 0.3 is 33.3 Å². The molecule has 111 heavy (non-hydrogen) atoms. The van der Waals surface area contributed by atoms with Crippen molar-refractivity contribution in [2.24, 2.45) is 0 Å². The van der Waals surface area contributed by atoms with Crippen LogP contribution in [0.2, 0.25) is 0 Å². The highest BCUT2D eigenvalue weighted by Gasteiger charge is 2.48. The molecule has 0 spiro atoms. The Hall–Kier alpha value is -12.4. The monoisotopic (exact) mass is 1500 g/mol. The van der Waals surface area contributed by atoms with Crippen molar-refractivity contribution in [1.29, 1.82) is 0 Å². The van der Waals surface area contributed by atoms with Crippen molar-refractivity contribution in [2.45, 2.75) is 46.0 Å². The lowest BCUT2D eigenvalue weighted by Gasteiger charge is -2.35. The molecule has 16 aromatic carbocycles. The summed E-state index contributed by atoms with van der Waals surface area (Å²) in [6.07, 6.45) is 0.680. The van der Waals surface area contributed by atoms with Crippen molar-refractivity contribution in [3.63, 3.8) is 0 Å². The van der Waals surface area contributed by atoms with Crippen LogP contribution < -0.4 is 79.9 Å². The third-order valence-corrected chi connectivity index (χ3v) is 38.0. The van der Waals surface area contributed by atoms with Crippen molar-refractivity contribution in [2.75, 3.05) is 0 Å². The summed E-state index contributed by atoms with van der Waals surface area (Å²) in [6.45, 7) is 8.92. The molecule has 0 radical (unpaired) electrons. The first-order valence-electron chi connectivity index (χ1n) is 38.5. The highest BCUT2D eigenvalue weighted by atomic mass is 28.4. The summed E-state index contributed by atoms with van der Waals surface area (Å²) in [4.78, 5) is 0. The molecule has 0 aliphatic carbocycles. The van der Waals surface area contributed by atoms with Crippen molar-refractivity contribution in [3.8, 4) is 23.0 Å². The van der Waals surface area contributed by atoms with E-state index in [-0.39, 0.29) is 11.8 Å². The van der Waals surface area contributed by atoms with Crippen LogP contribution in [0.1, 0.15) is 62.8 Å². The summed E-state index contributed by atoms with van der Waals surface area (Å²) < 4.78 is 31.7. The van der Waals surface area contributed by atoms with E-state index in [1.165, 1.54) is 84.5 Å². The second-order valence-electron chi connectivity index (χ2n) is 29.0. The largest absolute Gasteiger partial charge is 0.530 e. The first-order chi connectivity index (χ1) is 54.6. The Morgan fingerprint density at radius 1 is 0.171 bits per heavy atom. The van der Waals surface area contributed by atoms with E-state index in [4.69, 9.17) is 17.7 Å². The average molecular weight is 1500 g/mol. The van der Waals surface area contributed by atoms with Crippen molar-refractivity contribution in [1.82, 2.24) is 0 Å². The van der Waals surface area contributed by atoms with Crippen LogP contribution >= 0.6 is 0 Å². The summed E-state index contributed by atoms with van der Waals surface area (Å²) in [6, 6.07) is 158. The minimum absolute atomic E-state index is 0.176. The number of hydrogen-bond donors (Lipinski definition) is 0. The van der Waals surface area contributed by atoms with Crippen molar-refractivity contribution in [3.05, 3.63) is 481 Å². The maximum Gasteiger partial charge on any atom is 0.346 e. The standard InChI is InChI=1S/C103H88O4Si4/c1-78-73-82(65-69-100(78)104-108(86-41-17-5-18-42-86,87-43-19-6-20-44-87)88-45-21-7-22-46-88)98(83-66-70-101(79(2)74-83)105-109(89-47-23-8-24-48-89,90-49-25-9-26-50-90)91-51-27-10-28-52-91)77-99(84-67-71-102(80(3)75-84)106-110(92-53-29-11-30-54-92,93-55-31-12-32-56-93)94-57-33-13-34-58-94)85-68-72-103(81(4)76-85)107-111(95-59-35-14-36-60-95,96-61-37-15-38-62-96)97-63-39-16-40-64-97/h5-76,98-99H,77H2,1-4H3. The lowest BCUT2D eigenvalue weighted by Crippen LogP contribution is -2.71. The zero-order chi connectivity index (χ0) is 75.5. The van der Waals surface area contributed by atoms with E-state index >= 15 is 0 Å². The van der Waals surface area contributed by atoms with E-state index < -0.39 is 33.3 Å². The van der Waals surface area contributed by atoms with E-state index in [2.05, 4.69) is 464 Å². The van der Waals surface area contributed by atoms with E-state index in [1.807, 2.05) is 0 Å². The molecular formula is C103H88O4Si4. The molecule has 0 aliphatic heterocycles. The van der Waals surface area contributed by atoms with Crippen LogP contribution in [0.3, 0.4) is 0 Å². The summed E-state index contributed by atoms with van der Waals surface area (Å²) >= 11 is 0. The molecule has 0 N–H and O–H groups in total. The Morgan fingerprint density at radius 2 is 0.297 bits per heavy atom. The predicted octanol–water partition coefficient (Wildman–Crippen LogP) is 16.5. The number of aryl methyl sites for hydroxylation is 4. The fourth-order valence-corrected chi connectivity index (χ4v) is 32.2. The molecule has 0 aliphatic rings. The van der Waals surface area contributed by atoms with E-state index in [0.717, 1.165) is 45.3 Å². The zero-order valence-electron chi connectivity index (χ0n) is 63.1. The molecule has 0 heterocycles. The summed E-state index contributed by atoms with van der Waals surface area (Å²) in [5, 5.41) is 14.0. The fraction of sp³-hybridized carbons (Fsp3) is 0.0680. The molecule has 4 nitrogen and oxygen atoms in total. The highest BCUT2D eigenvalue weighted by molar-refractivity contribution is 7.09. The molecule has 0 bridgehead atoms. The topological polar surface area (TPSA) is 36.9 Å². The summed E-state index contributed by atoms with van der Waals surface area (Å²) in [7, 11) is -12.9. The molecule has 540 valence electrons. The van der Waals surface area contributed by atoms with Gasteiger partial charge in [-0.2, -0.15) is 0 Å². The lowest BCUT2D eigenvalue weighted by molar-refractivity contribution is 0.566. The molecule has 0 saturated carbocycles. The number of benzene rings is 16. The third-order valence-electron chi connectivity index (χ3n) is 22.1. The maximum absolute atomic E-state index is 7.94. The van der Waals surface area contributed by atoms with Gasteiger partial charge in [-0.1, -0.05) is 413 Å². The van der Waals surface area contributed by atoms with Gasteiger partial charge < -0.3 is 17.7 Å². The summed E-state index contributed by atoms with van der Waals surface area (Å²) in [5.41, 5.74) is 8.90. The smallest absolute Gasteiger partial charge is 0.346 e. The van der Waals surface area contributed by atoms with Gasteiger partial charge in [0.25, 0.3) is 0 Å². The van der Waals surface area contributed by atoms with Crippen molar-refractivity contribution < 1.29 is 17.7 Å². The molecule has 16 rings (SSSR count). The molecule has 16 aromatic rings. The Bertz CT molecular complexity index is 4620. The minimum atomic E-state index is -3.22. The number of rotatable bonds is 26. The highest BCUT2D eigenvalue weighted by Crippen LogP contribution is 2.44. The van der Waals surface area contributed by atoms with Crippen LogP contribution in [0.5, 0.6) is 23.0 Å².